The molecule has 2 amide bonds. The van der Waals surface area contributed by atoms with Crippen LogP contribution in [0.4, 0.5) is 10.5 Å². The first-order valence-electron chi connectivity index (χ1n) is 8.34. The molecule has 0 heterocycles. The zero-order chi connectivity index (χ0) is 16.7. The summed E-state index contributed by atoms with van der Waals surface area (Å²) >= 11 is 0. The lowest BCUT2D eigenvalue weighted by molar-refractivity contribution is 0.251. The minimum absolute atomic E-state index is 0.136. The lowest BCUT2D eigenvalue weighted by atomic mass is 9.97. The van der Waals surface area contributed by atoms with Gasteiger partial charge in [0.2, 0.25) is 0 Å². The van der Waals surface area contributed by atoms with Crippen molar-refractivity contribution in [1.82, 2.24) is 5.32 Å². The van der Waals surface area contributed by atoms with E-state index in [0.29, 0.717) is 12.5 Å². The van der Waals surface area contributed by atoms with Crippen LogP contribution >= 0.6 is 0 Å². The second-order valence-corrected chi connectivity index (χ2v) is 5.81. The zero-order valence-electron chi connectivity index (χ0n) is 14.2. The molecule has 0 fully saturated rings. The van der Waals surface area contributed by atoms with Crippen molar-refractivity contribution < 1.29 is 4.79 Å². The van der Waals surface area contributed by atoms with Crippen molar-refractivity contribution in [3.8, 4) is 0 Å². The van der Waals surface area contributed by atoms with Gasteiger partial charge in [-0.25, -0.2) is 4.79 Å². The van der Waals surface area contributed by atoms with Crippen molar-refractivity contribution in [2.45, 2.75) is 39.5 Å². The van der Waals surface area contributed by atoms with E-state index in [1.807, 2.05) is 37.3 Å². The van der Waals surface area contributed by atoms with Gasteiger partial charge in [-0.05, 0) is 36.5 Å². The van der Waals surface area contributed by atoms with E-state index in [2.05, 4.69) is 42.7 Å². The summed E-state index contributed by atoms with van der Waals surface area (Å²) in [7, 11) is 0. The molecule has 0 spiro atoms. The average molecular weight is 310 g/mol. The largest absolute Gasteiger partial charge is 0.337 e. The highest BCUT2D eigenvalue weighted by molar-refractivity contribution is 5.91. The van der Waals surface area contributed by atoms with Crippen LogP contribution in [0.15, 0.2) is 48.5 Å². The van der Waals surface area contributed by atoms with E-state index in [0.717, 1.165) is 29.7 Å². The topological polar surface area (TPSA) is 41.1 Å². The number of aryl methyl sites for hydroxylation is 2. The molecule has 0 saturated heterocycles. The number of carbonyl (C=O) groups excluding carboxylic acids is 1. The van der Waals surface area contributed by atoms with E-state index < -0.39 is 0 Å². The fourth-order valence-corrected chi connectivity index (χ4v) is 2.80. The maximum atomic E-state index is 12.3. The molecule has 3 heteroatoms. The molecular weight excluding hydrogens is 284 g/mol. The molecule has 0 radical (unpaired) electrons. The van der Waals surface area contributed by atoms with Crippen LogP contribution in [-0.2, 0) is 6.42 Å². The first-order chi connectivity index (χ1) is 11.2. The first-order valence-corrected chi connectivity index (χ1v) is 8.34. The van der Waals surface area contributed by atoms with Crippen LogP contribution < -0.4 is 10.6 Å². The second kappa shape index (κ2) is 8.37. The Morgan fingerprint density at radius 3 is 2.43 bits per heavy atom. The Bertz CT molecular complexity index is 637. The highest BCUT2D eigenvalue weighted by Gasteiger charge is 2.12. The fourth-order valence-electron chi connectivity index (χ4n) is 2.80. The molecule has 1 atom stereocenters. The summed E-state index contributed by atoms with van der Waals surface area (Å²) in [4.78, 5) is 12.3. The number of anilines is 1. The molecule has 122 valence electrons. The third-order valence-electron chi connectivity index (χ3n) is 4.25. The Balaban J connectivity index is 1.98. The van der Waals surface area contributed by atoms with Crippen LogP contribution in [0.3, 0.4) is 0 Å². The normalized spacial score (nSPS) is 11.8. The van der Waals surface area contributed by atoms with Crippen molar-refractivity contribution in [3.63, 3.8) is 0 Å². The predicted octanol–water partition coefficient (Wildman–Crippen LogP) is 4.87. The third-order valence-corrected chi connectivity index (χ3v) is 4.25. The molecule has 0 bridgehead atoms. The Kier molecular flexibility index (Phi) is 6.21. The average Bonchev–Trinajstić information content (AvgIpc) is 2.58. The maximum Gasteiger partial charge on any atom is 0.319 e. The van der Waals surface area contributed by atoms with Gasteiger partial charge >= 0.3 is 6.03 Å². The SMILES string of the molecule is CCc1cccc(C)c1NC(=O)NCC(CC)c1ccccc1. The fraction of sp³-hybridized carbons (Fsp3) is 0.350. The van der Waals surface area contributed by atoms with Gasteiger partial charge in [0.1, 0.15) is 0 Å². The minimum Gasteiger partial charge on any atom is -0.337 e. The first kappa shape index (κ1) is 17.1. The number of rotatable bonds is 6. The van der Waals surface area contributed by atoms with Gasteiger partial charge in [0.05, 0.1) is 0 Å². The van der Waals surface area contributed by atoms with Crippen LogP contribution in [0.1, 0.15) is 42.9 Å². The van der Waals surface area contributed by atoms with Crippen LogP contribution in [0.2, 0.25) is 0 Å². The molecule has 2 rings (SSSR count). The second-order valence-electron chi connectivity index (χ2n) is 5.81. The van der Waals surface area contributed by atoms with Crippen LogP contribution in [0.5, 0.6) is 0 Å². The van der Waals surface area contributed by atoms with Crippen LogP contribution in [-0.4, -0.2) is 12.6 Å². The Morgan fingerprint density at radius 1 is 1.04 bits per heavy atom. The van der Waals surface area contributed by atoms with Gasteiger partial charge < -0.3 is 10.6 Å². The van der Waals surface area contributed by atoms with Crippen molar-refractivity contribution >= 4 is 11.7 Å². The minimum atomic E-state index is -0.136. The Hall–Kier alpha value is -2.29. The molecule has 23 heavy (non-hydrogen) atoms. The molecule has 2 aromatic carbocycles. The lowest BCUT2D eigenvalue weighted by Gasteiger charge is -2.18. The zero-order valence-corrected chi connectivity index (χ0v) is 14.2. The highest BCUT2D eigenvalue weighted by Crippen LogP contribution is 2.21. The van der Waals surface area contributed by atoms with Gasteiger partial charge in [0.15, 0.2) is 0 Å². The summed E-state index contributed by atoms with van der Waals surface area (Å²) in [5, 5.41) is 6.02. The van der Waals surface area contributed by atoms with Gasteiger partial charge in [-0.2, -0.15) is 0 Å². The Morgan fingerprint density at radius 2 is 1.78 bits per heavy atom. The van der Waals surface area contributed by atoms with E-state index in [1.165, 1.54) is 5.56 Å². The molecule has 2 N–H and O–H groups in total. The molecule has 3 nitrogen and oxygen atoms in total. The van der Waals surface area contributed by atoms with Crippen molar-refractivity contribution in [2.24, 2.45) is 0 Å². The standard InChI is InChI=1S/C20H26N2O/c1-4-16-13-9-10-15(3)19(16)22-20(23)21-14-17(5-2)18-11-7-6-8-12-18/h6-13,17H,4-5,14H2,1-3H3,(H2,21,22,23). The summed E-state index contributed by atoms with van der Waals surface area (Å²) in [5.41, 5.74) is 4.45. The van der Waals surface area contributed by atoms with Crippen molar-refractivity contribution in [2.75, 3.05) is 11.9 Å². The molecule has 0 aromatic heterocycles. The number of hydrogen-bond donors (Lipinski definition) is 2. The number of hydrogen-bond acceptors (Lipinski definition) is 1. The summed E-state index contributed by atoms with van der Waals surface area (Å²) in [5.74, 6) is 0.337. The monoisotopic (exact) mass is 310 g/mol. The van der Waals surface area contributed by atoms with Crippen LogP contribution in [0, 0.1) is 6.92 Å². The molecule has 0 saturated carbocycles. The summed E-state index contributed by atoms with van der Waals surface area (Å²) in [6.45, 7) is 6.90. The quantitative estimate of drug-likeness (QED) is 0.785. The van der Waals surface area contributed by atoms with Gasteiger partial charge in [0.25, 0.3) is 0 Å². The van der Waals surface area contributed by atoms with E-state index in [9.17, 15) is 4.79 Å². The third kappa shape index (κ3) is 4.59. The molecular formula is C20H26N2O. The summed E-state index contributed by atoms with van der Waals surface area (Å²) in [6.07, 6.45) is 1.90. The van der Waals surface area contributed by atoms with Gasteiger partial charge in [-0.1, -0.05) is 62.4 Å². The number of carbonyl (C=O) groups is 1. The van der Waals surface area contributed by atoms with Crippen LogP contribution in [0.25, 0.3) is 0 Å². The number of amides is 2. The lowest BCUT2D eigenvalue weighted by Crippen LogP contribution is -2.32. The number of urea groups is 1. The maximum absolute atomic E-state index is 12.3. The smallest absolute Gasteiger partial charge is 0.319 e. The van der Waals surface area contributed by atoms with E-state index in [1.54, 1.807) is 0 Å². The molecule has 2 aromatic rings. The highest BCUT2D eigenvalue weighted by atomic mass is 16.2. The van der Waals surface area contributed by atoms with E-state index in [4.69, 9.17) is 0 Å². The van der Waals surface area contributed by atoms with E-state index >= 15 is 0 Å². The number of benzene rings is 2. The van der Waals surface area contributed by atoms with Gasteiger partial charge in [-0.3, -0.25) is 0 Å². The van der Waals surface area contributed by atoms with E-state index in [-0.39, 0.29) is 6.03 Å². The molecule has 0 aliphatic rings. The predicted molar refractivity (Wildman–Crippen MR) is 97.1 cm³/mol. The molecule has 0 aliphatic carbocycles. The van der Waals surface area contributed by atoms with Gasteiger partial charge in [0, 0.05) is 18.2 Å². The summed E-state index contributed by atoms with van der Waals surface area (Å²) < 4.78 is 0. The van der Waals surface area contributed by atoms with Crippen molar-refractivity contribution in [3.05, 3.63) is 65.2 Å². The van der Waals surface area contributed by atoms with Gasteiger partial charge in [-0.15, -0.1) is 0 Å². The molecule has 1 unspecified atom stereocenters. The Labute approximate surface area is 139 Å². The molecule has 0 aliphatic heterocycles. The summed E-state index contributed by atoms with van der Waals surface area (Å²) in [6, 6.07) is 16.3. The number of para-hydroxylation sites is 1. The number of nitrogens with one attached hydrogen (secondary N) is 2. The van der Waals surface area contributed by atoms with Crippen molar-refractivity contribution in [1.29, 1.82) is 0 Å².